The van der Waals surface area contributed by atoms with Gasteiger partial charge in [-0.3, -0.25) is 19.9 Å². The second-order valence-electron chi connectivity index (χ2n) is 7.15. The minimum absolute atomic E-state index is 0. The molecule has 10 heteroatoms. The standard InChI is InChI=1S/C22H23N5O2.3ClH/c28-22(26-29)10-6-16-5-9-21(23-13-16)25-19-11-12-27(15-19)14-18-8-7-17-3-1-2-4-20(17)24-18;;;/h1-10,13,19,29H,11-12,14-15H2,(H,23,25)(H,26,28);3*1H/t19-;;;/m1.../s1. The van der Waals surface area contributed by atoms with Crippen LogP contribution in [0.2, 0.25) is 0 Å². The zero-order valence-electron chi connectivity index (χ0n) is 17.2. The number of benzene rings is 1. The van der Waals surface area contributed by atoms with E-state index < -0.39 is 5.91 Å². The van der Waals surface area contributed by atoms with Gasteiger partial charge in [0.2, 0.25) is 0 Å². The monoisotopic (exact) mass is 497 g/mol. The number of pyridine rings is 2. The molecule has 1 atom stereocenters. The van der Waals surface area contributed by atoms with Gasteiger partial charge in [-0.15, -0.1) is 37.2 Å². The molecule has 3 N–H and O–H groups in total. The summed E-state index contributed by atoms with van der Waals surface area (Å²) in [5.41, 5.74) is 4.47. The smallest absolute Gasteiger partial charge is 0.267 e. The molecule has 1 fully saturated rings. The van der Waals surface area contributed by atoms with Crippen LogP contribution in [0.5, 0.6) is 0 Å². The van der Waals surface area contributed by atoms with E-state index >= 15 is 0 Å². The molecule has 0 radical (unpaired) electrons. The van der Waals surface area contributed by atoms with Gasteiger partial charge in [0, 0.05) is 43.3 Å². The van der Waals surface area contributed by atoms with Gasteiger partial charge in [-0.1, -0.05) is 24.3 Å². The lowest BCUT2D eigenvalue weighted by atomic mass is 10.2. The fourth-order valence-electron chi connectivity index (χ4n) is 3.53. The van der Waals surface area contributed by atoms with Crippen molar-refractivity contribution in [2.45, 2.75) is 19.0 Å². The maximum atomic E-state index is 11.0. The number of nitrogens with zero attached hydrogens (tertiary/aromatic N) is 3. The molecule has 4 rings (SSSR count). The molecule has 0 saturated carbocycles. The number of rotatable bonds is 6. The van der Waals surface area contributed by atoms with Gasteiger partial charge in [0.15, 0.2) is 0 Å². The molecule has 1 aliphatic heterocycles. The van der Waals surface area contributed by atoms with Crippen LogP contribution in [0.25, 0.3) is 17.0 Å². The molecule has 1 aromatic carbocycles. The van der Waals surface area contributed by atoms with E-state index in [0.29, 0.717) is 6.04 Å². The highest BCUT2D eigenvalue weighted by atomic mass is 35.5. The summed E-state index contributed by atoms with van der Waals surface area (Å²) in [6.45, 7) is 2.80. The number of carbonyl (C=O) groups excluding carboxylic acids is 1. The molecular weight excluding hydrogens is 473 g/mol. The van der Waals surface area contributed by atoms with Gasteiger partial charge in [-0.25, -0.2) is 10.5 Å². The van der Waals surface area contributed by atoms with E-state index in [-0.39, 0.29) is 37.2 Å². The predicted octanol–water partition coefficient (Wildman–Crippen LogP) is 4.10. The fraction of sp³-hybridized carbons (Fsp3) is 0.227. The van der Waals surface area contributed by atoms with E-state index in [1.54, 1.807) is 17.8 Å². The lowest BCUT2D eigenvalue weighted by Gasteiger charge is -2.17. The molecule has 7 nitrogen and oxygen atoms in total. The van der Waals surface area contributed by atoms with Gasteiger partial charge >= 0.3 is 0 Å². The number of aromatic nitrogens is 2. The van der Waals surface area contributed by atoms with Crippen molar-refractivity contribution >= 4 is 65.9 Å². The van der Waals surface area contributed by atoms with Gasteiger partial charge in [-0.05, 0) is 42.3 Å². The lowest BCUT2D eigenvalue weighted by molar-refractivity contribution is -0.124. The Kier molecular flexibility index (Phi) is 11.4. The third kappa shape index (κ3) is 7.32. The molecule has 0 bridgehead atoms. The summed E-state index contributed by atoms with van der Waals surface area (Å²) < 4.78 is 0. The van der Waals surface area contributed by atoms with E-state index in [1.165, 1.54) is 11.5 Å². The van der Waals surface area contributed by atoms with Crippen molar-refractivity contribution in [3.8, 4) is 0 Å². The van der Waals surface area contributed by atoms with Crippen molar-refractivity contribution in [3.05, 3.63) is 72.1 Å². The highest BCUT2D eigenvalue weighted by molar-refractivity contribution is 5.90. The van der Waals surface area contributed by atoms with E-state index in [1.807, 2.05) is 30.3 Å². The van der Waals surface area contributed by atoms with E-state index in [0.717, 1.165) is 48.6 Å². The Hall–Kier alpha value is -2.42. The first-order valence-electron chi connectivity index (χ1n) is 9.61. The first kappa shape index (κ1) is 27.6. The Morgan fingerprint density at radius 3 is 2.69 bits per heavy atom. The summed E-state index contributed by atoms with van der Waals surface area (Å²) in [5.74, 6) is 0.239. The van der Waals surface area contributed by atoms with Crippen molar-refractivity contribution in [1.82, 2.24) is 20.3 Å². The summed E-state index contributed by atoms with van der Waals surface area (Å²) >= 11 is 0. The van der Waals surface area contributed by atoms with Gasteiger partial charge in [0.05, 0.1) is 11.2 Å². The molecule has 3 heterocycles. The number of halogens is 3. The third-order valence-electron chi connectivity index (χ3n) is 4.99. The quantitative estimate of drug-likeness (QED) is 0.269. The van der Waals surface area contributed by atoms with Crippen LogP contribution in [0.3, 0.4) is 0 Å². The first-order valence-corrected chi connectivity index (χ1v) is 9.61. The lowest BCUT2D eigenvalue weighted by Crippen LogP contribution is -2.26. The topological polar surface area (TPSA) is 90.4 Å². The van der Waals surface area contributed by atoms with Crippen molar-refractivity contribution in [2.24, 2.45) is 0 Å². The van der Waals surface area contributed by atoms with Crippen LogP contribution in [-0.2, 0) is 11.3 Å². The van der Waals surface area contributed by atoms with Gasteiger partial charge in [0.1, 0.15) is 5.82 Å². The van der Waals surface area contributed by atoms with E-state index in [9.17, 15) is 4.79 Å². The minimum Gasteiger partial charge on any atom is -0.366 e. The van der Waals surface area contributed by atoms with Crippen LogP contribution in [0, 0.1) is 0 Å². The molecule has 0 spiro atoms. The van der Waals surface area contributed by atoms with Crippen molar-refractivity contribution < 1.29 is 10.0 Å². The number of amides is 1. The fourth-order valence-corrected chi connectivity index (χ4v) is 3.53. The average Bonchev–Trinajstić information content (AvgIpc) is 3.19. The van der Waals surface area contributed by atoms with Crippen LogP contribution in [-0.4, -0.2) is 45.1 Å². The van der Waals surface area contributed by atoms with E-state index in [2.05, 4.69) is 33.4 Å². The highest BCUT2D eigenvalue weighted by Crippen LogP contribution is 2.18. The minimum atomic E-state index is -0.570. The Labute approximate surface area is 205 Å². The summed E-state index contributed by atoms with van der Waals surface area (Å²) in [6.07, 6.45) is 5.58. The zero-order valence-corrected chi connectivity index (χ0v) is 19.6. The van der Waals surface area contributed by atoms with E-state index in [4.69, 9.17) is 10.2 Å². The van der Waals surface area contributed by atoms with Crippen LogP contribution < -0.4 is 10.8 Å². The maximum Gasteiger partial charge on any atom is 0.267 e. The second-order valence-corrected chi connectivity index (χ2v) is 7.15. The van der Waals surface area contributed by atoms with Gasteiger partial charge < -0.3 is 5.32 Å². The Balaban J connectivity index is 0.00000171. The molecule has 2 aromatic heterocycles. The number of anilines is 1. The van der Waals surface area contributed by atoms with Crippen LogP contribution >= 0.6 is 37.2 Å². The Morgan fingerprint density at radius 2 is 1.94 bits per heavy atom. The van der Waals surface area contributed by atoms with Gasteiger partial charge in [0.25, 0.3) is 5.91 Å². The number of para-hydroxylation sites is 1. The summed E-state index contributed by atoms with van der Waals surface area (Å²) in [5, 5.41) is 13.1. The molecule has 32 heavy (non-hydrogen) atoms. The maximum absolute atomic E-state index is 11.0. The molecule has 1 amide bonds. The third-order valence-corrected chi connectivity index (χ3v) is 4.99. The van der Waals surface area contributed by atoms with Crippen LogP contribution in [0.1, 0.15) is 17.7 Å². The molecular formula is C22H26Cl3N5O2. The predicted molar refractivity (Wildman–Crippen MR) is 134 cm³/mol. The molecule has 1 aliphatic rings. The number of nitrogens with one attached hydrogen (secondary N) is 2. The first-order chi connectivity index (χ1) is 14.2. The normalized spacial score (nSPS) is 15.5. The Bertz CT molecular complexity index is 1030. The van der Waals surface area contributed by atoms with Crippen molar-refractivity contribution in [2.75, 3.05) is 18.4 Å². The number of fused-ring (bicyclic) bond motifs is 1. The van der Waals surface area contributed by atoms with Gasteiger partial charge in [-0.2, -0.15) is 0 Å². The second kappa shape index (κ2) is 13.2. The molecule has 0 unspecified atom stereocenters. The summed E-state index contributed by atoms with van der Waals surface area (Å²) in [6, 6.07) is 16.5. The van der Waals surface area contributed by atoms with Crippen LogP contribution in [0.15, 0.2) is 60.8 Å². The van der Waals surface area contributed by atoms with Crippen molar-refractivity contribution in [1.29, 1.82) is 0 Å². The average molecular weight is 499 g/mol. The Morgan fingerprint density at radius 1 is 1.12 bits per heavy atom. The zero-order chi connectivity index (χ0) is 20.1. The van der Waals surface area contributed by atoms with Crippen LogP contribution in [0.4, 0.5) is 5.82 Å². The molecule has 1 saturated heterocycles. The SMILES string of the molecule is Cl.Cl.Cl.O=C(C=Cc1ccc(N[C@@H]2CCN(Cc3ccc4ccccc4n3)C2)nc1)NO. The molecule has 172 valence electrons. The number of hydrogen-bond acceptors (Lipinski definition) is 6. The number of likely N-dealkylation sites (tertiary alicyclic amines) is 1. The number of hydroxylamine groups is 1. The summed E-state index contributed by atoms with van der Waals surface area (Å²) in [7, 11) is 0. The molecule has 0 aliphatic carbocycles. The van der Waals surface area contributed by atoms with Crippen molar-refractivity contribution in [3.63, 3.8) is 0 Å². The number of hydrogen-bond donors (Lipinski definition) is 3. The number of carbonyl (C=O) groups is 1. The highest BCUT2D eigenvalue weighted by Gasteiger charge is 2.23. The summed E-state index contributed by atoms with van der Waals surface area (Å²) in [4.78, 5) is 22.6. The molecule has 3 aromatic rings. The largest absolute Gasteiger partial charge is 0.366 e.